The maximum Gasteiger partial charge on any atom is 0.265 e. The second kappa shape index (κ2) is 8.79. The van der Waals surface area contributed by atoms with E-state index in [0.29, 0.717) is 41.9 Å². The molecule has 2 aromatic rings. The molecule has 27 heavy (non-hydrogen) atoms. The number of ether oxygens (including phenoxy) is 4. The Morgan fingerprint density at radius 1 is 1.07 bits per heavy atom. The van der Waals surface area contributed by atoms with E-state index in [2.05, 4.69) is 10.5 Å². The number of carbonyl (C=O) groups excluding carboxylic acids is 1. The molecule has 1 aliphatic heterocycles. The molecule has 0 radical (unpaired) electrons. The second-order valence-electron chi connectivity index (χ2n) is 5.53. The van der Waals surface area contributed by atoms with Crippen LogP contribution in [0.15, 0.2) is 41.6 Å². The van der Waals surface area contributed by atoms with Gasteiger partial charge in [-0.25, -0.2) is 0 Å². The van der Waals surface area contributed by atoms with Gasteiger partial charge in [-0.2, -0.15) is 0 Å². The normalized spacial score (nSPS) is 12.5. The lowest BCUT2D eigenvalue weighted by molar-refractivity contribution is -0.120. The van der Waals surface area contributed by atoms with E-state index in [1.165, 1.54) is 6.21 Å². The van der Waals surface area contributed by atoms with Crippen molar-refractivity contribution in [2.75, 3.05) is 39.4 Å². The van der Waals surface area contributed by atoms with Crippen molar-refractivity contribution < 1.29 is 28.6 Å². The molecule has 0 aromatic heterocycles. The molecule has 0 spiro atoms. The molecule has 0 atom stereocenters. The molecule has 1 heterocycles. The minimum Gasteiger partial charge on any atom is -0.493 e. The van der Waals surface area contributed by atoms with Crippen LogP contribution in [0, 0.1) is 0 Å². The summed E-state index contributed by atoms with van der Waals surface area (Å²) in [5.74, 6) is 2.13. The summed E-state index contributed by atoms with van der Waals surface area (Å²) in [6.45, 7) is 0.779. The summed E-state index contributed by atoms with van der Waals surface area (Å²) in [6.07, 6.45) is 1.49. The molecule has 1 aliphatic rings. The van der Waals surface area contributed by atoms with Gasteiger partial charge >= 0.3 is 0 Å². The van der Waals surface area contributed by atoms with Crippen LogP contribution in [0.4, 0.5) is 5.69 Å². The highest BCUT2D eigenvalue weighted by Crippen LogP contribution is 2.32. The van der Waals surface area contributed by atoms with Gasteiger partial charge in [-0.3, -0.25) is 4.79 Å². The summed E-state index contributed by atoms with van der Waals surface area (Å²) < 4.78 is 21.3. The van der Waals surface area contributed by atoms with Crippen LogP contribution in [0.25, 0.3) is 0 Å². The number of amides is 1. The number of nitrogens with one attached hydrogen (secondary N) is 1. The number of oxime groups is 1. The van der Waals surface area contributed by atoms with Crippen LogP contribution in [0.2, 0.25) is 0 Å². The Morgan fingerprint density at radius 3 is 2.63 bits per heavy atom. The predicted octanol–water partition coefficient (Wildman–Crippen LogP) is 2.46. The first-order chi connectivity index (χ1) is 13.2. The lowest BCUT2D eigenvalue weighted by Crippen LogP contribution is -2.18. The van der Waals surface area contributed by atoms with Gasteiger partial charge in [0.25, 0.3) is 5.91 Å². The minimum absolute atomic E-state index is 0.224. The van der Waals surface area contributed by atoms with E-state index < -0.39 is 0 Å². The van der Waals surface area contributed by atoms with E-state index in [1.54, 1.807) is 50.6 Å². The van der Waals surface area contributed by atoms with E-state index in [-0.39, 0.29) is 12.5 Å². The molecule has 2 aromatic carbocycles. The molecule has 0 unspecified atom stereocenters. The Balaban J connectivity index is 1.50. The number of hydrogen-bond acceptors (Lipinski definition) is 7. The summed E-state index contributed by atoms with van der Waals surface area (Å²) >= 11 is 0. The van der Waals surface area contributed by atoms with Gasteiger partial charge in [0, 0.05) is 17.3 Å². The maximum absolute atomic E-state index is 12.0. The van der Waals surface area contributed by atoms with Crippen LogP contribution in [0.1, 0.15) is 5.56 Å². The average molecular weight is 372 g/mol. The molecule has 142 valence electrons. The average Bonchev–Trinajstić information content (AvgIpc) is 2.71. The lowest BCUT2D eigenvalue weighted by atomic mass is 10.2. The highest BCUT2D eigenvalue weighted by atomic mass is 16.6. The molecule has 8 nitrogen and oxygen atoms in total. The number of methoxy groups -OCH3 is 2. The molecular formula is C19H20N2O6. The number of carbonyl (C=O) groups is 1. The topological polar surface area (TPSA) is 87.6 Å². The predicted molar refractivity (Wildman–Crippen MR) is 99.2 cm³/mol. The number of hydrogen-bond donors (Lipinski definition) is 1. The van der Waals surface area contributed by atoms with Gasteiger partial charge in [0.1, 0.15) is 13.2 Å². The summed E-state index contributed by atoms with van der Waals surface area (Å²) in [5.41, 5.74) is 1.34. The summed E-state index contributed by atoms with van der Waals surface area (Å²) in [5, 5.41) is 6.51. The van der Waals surface area contributed by atoms with Crippen LogP contribution in [-0.4, -0.2) is 46.2 Å². The van der Waals surface area contributed by atoms with Gasteiger partial charge in [0.2, 0.25) is 0 Å². The van der Waals surface area contributed by atoms with E-state index >= 15 is 0 Å². The number of nitrogens with zero attached hydrogens (tertiary/aromatic N) is 1. The summed E-state index contributed by atoms with van der Waals surface area (Å²) in [6, 6.07) is 10.5. The Labute approximate surface area is 156 Å². The van der Waals surface area contributed by atoms with Crippen molar-refractivity contribution in [1.82, 2.24) is 0 Å². The molecule has 0 saturated carbocycles. The molecule has 0 bridgehead atoms. The fraction of sp³-hybridized carbons (Fsp3) is 0.263. The third-order valence-electron chi connectivity index (χ3n) is 3.71. The van der Waals surface area contributed by atoms with Gasteiger partial charge in [-0.05, 0) is 30.3 Å². The van der Waals surface area contributed by atoms with Gasteiger partial charge in [-0.1, -0.05) is 5.16 Å². The number of anilines is 1. The monoisotopic (exact) mass is 372 g/mol. The SMILES string of the molecule is COc1ccc(/C=N\OCC(=O)Nc2ccc3c(c2)OCCO3)cc1OC. The van der Waals surface area contributed by atoms with E-state index in [9.17, 15) is 4.79 Å². The smallest absolute Gasteiger partial charge is 0.265 e. The maximum atomic E-state index is 12.0. The Kier molecular flexibility index (Phi) is 5.98. The van der Waals surface area contributed by atoms with Gasteiger partial charge in [0.05, 0.1) is 20.4 Å². The second-order valence-corrected chi connectivity index (χ2v) is 5.53. The van der Waals surface area contributed by atoms with E-state index in [4.69, 9.17) is 23.8 Å². The molecule has 0 fully saturated rings. The highest BCUT2D eigenvalue weighted by molar-refractivity contribution is 5.92. The zero-order valence-electron chi connectivity index (χ0n) is 15.1. The van der Waals surface area contributed by atoms with Crippen molar-refractivity contribution in [3.8, 4) is 23.0 Å². The number of fused-ring (bicyclic) bond motifs is 1. The molecule has 3 rings (SSSR count). The van der Waals surface area contributed by atoms with Crippen LogP contribution in [0.3, 0.4) is 0 Å². The zero-order valence-corrected chi connectivity index (χ0v) is 15.1. The van der Waals surface area contributed by atoms with Crippen molar-refractivity contribution in [3.63, 3.8) is 0 Å². The van der Waals surface area contributed by atoms with Crippen molar-refractivity contribution >= 4 is 17.8 Å². The first-order valence-electron chi connectivity index (χ1n) is 8.26. The van der Waals surface area contributed by atoms with E-state index in [0.717, 1.165) is 5.56 Å². The van der Waals surface area contributed by atoms with Crippen molar-refractivity contribution in [1.29, 1.82) is 0 Å². The molecular weight excluding hydrogens is 352 g/mol. The third-order valence-corrected chi connectivity index (χ3v) is 3.71. The fourth-order valence-corrected chi connectivity index (χ4v) is 2.45. The highest BCUT2D eigenvalue weighted by Gasteiger charge is 2.12. The summed E-state index contributed by atoms with van der Waals surface area (Å²) in [7, 11) is 3.12. The molecule has 1 amide bonds. The van der Waals surface area contributed by atoms with Gasteiger partial charge in [-0.15, -0.1) is 0 Å². The van der Waals surface area contributed by atoms with Crippen molar-refractivity contribution in [3.05, 3.63) is 42.0 Å². The zero-order chi connectivity index (χ0) is 19.1. The minimum atomic E-state index is -0.337. The number of benzene rings is 2. The standard InChI is InChI=1S/C19H20N2O6/c1-23-15-5-3-13(9-17(15)24-2)11-20-27-12-19(22)21-14-4-6-16-18(10-14)26-8-7-25-16/h3-6,9-11H,7-8,12H2,1-2H3,(H,21,22)/b20-11-. The van der Waals surface area contributed by atoms with Crippen LogP contribution in [-0.2, 0) is 9.63 Å². The summed E-state index contributed by atoms with van der Waals surface area (Å²) in [4.78, 5) is 17.0. The quantitative estimate of drug-likeness (QED) is 0.593. The van der Waals surface area contributed by atoms with Crippen molar-refractivity contribution in [2.24, 2.45) is 5.16 Å². The molecule has 1 N–H and O–H groups in total. The van der Waals surface area contributed by atoms with Gasteiger partial charge in [0.15, 0.2) is 29.6 Å². The fourth-order valence-electron chi connectivity index (χ4n) is 2.45. The van der Waals surface area contributed by atoms with Crippen LogP contribution in [0.5, 0.6) is 23.0 Å². The largest absolute Gasteiger partial charge is 0.493 e. The van der Waals surface area contributed by atoms with Gasteiger partial charge < -0.3 is 29.1 Å². The number of rotatable bonds is 7. The van der Waals surface area contributed by atoms with E-state index in [1.807, 2.05) is 0 Å². The first-order valence-corrected chi connectivity index (χ1v) is 8.26. The first kappa shape index (κ1) is 18.4. The Morgan fingerprint density at radius 2 is 1.85 bits per heavy atom. The van der Waals surface area contributed by atoms with Crippen molar-refractivity contribution in [2.45, 2.75) is 0 Å². The Hall–Kier alpha value is -3.42. The Bertz CT molecular complexity index is 837. The third kappa shape index (κ3) is 4.81. The molecule has 0 saturated heterocycles. The van der Waals surface area contributed by atoms with Crippen LogP contribution >= 0.6 is 0 Å². The molecule has 8 heteroatoms. The molecule has 0 aliphatic carbocycles. The lowest BCUT2D eigenvalue weighted by Gasteiger charge is -2.18. The van der Waals surface area contributed by atoms with Crippen LogP contribution < -0.4 is 24.3 Å².